The predicted octanol–water partition coefficient (Wildman–Crippen LogP) is 2.05. The monoisotopic (exact) mass is 221 g/mol. The summed E-state index contributed by atoms with van der Waals surface area (Å²) >= 11 is 1.43. The van der Waals surface area contributed by atoms with Gasteiger partial charge in [-0.15, -0.1) is 11.3 Å². The van der Waals surface area contributed by atoms with Gasteiger partial charge in [0.05, 0.1) is 21.8 Å². The molecular weight excluding hydrogens is 210 g/mol. The molecule has 0 aromatic carbocycles. The molecule has 0 aliphatic heterocycles. The van der Waals surface area contributed by atoms with Crippen molar-refractivity contribution in [3.05, 3.63) is 22.3 Å². The Morgan fingerprint density at radius 2 is 2.27 bits per heavy atom. The van der Waals surface area contributed by atoms with Crippen LogP contribution in [0.15, 0.2) is 12.4 Å². The topological polar surface area (TPSA) is 47.8 Å². The summed E-state index contributed by atoms with van der Waals surface area (Å²) in [5.41, 5.74) is 1.64. The van der Waals surface area contributed by atoms with Crippen molar-refractivity contribution in [2.75, 3.05) is 0 Å². The Bertz CT molecular complexity index is 512. The third-order valence-electron chi connectivity index (χ3n) is 2.03. The molecule has 15 heavy (non-hydrogen) atoms. The first-order chi connectivity index (χ1) is 7.08. The Labute approximate surface area is 91.6 Å². The number of hydrogen-bond acceptors (Lipinski definition) is 4. The summed E-state index contributed by atoms with van der Waals surface area (Å²) in [6.45, 7) is 3.46. The van der Waals surface area contributed by atoms with Crippen LogP contribution in [-0.4, -0.2) is 20.5 Å². The van der Waals surface area contributed by atoms with Crippen molar-refractivity contribution in [2.24, 2.45) is 7.05 Å². The van der Waals surface area contributed by atoms with Crippen LogP contribution in [0, 0.1) is 6.92 Å². The van der Waals surface area contributed by atoms with E-state index in [0.29, 0.717) is 4.88 Å². The molecular formula is C10H11N3OS. The van der Waals surface area contributed by atoms with E-state index in [0.717, 1.165) is 16.3 Å². The number of thiazole rings is 1. The van der Waals surface area contributed by atoms with Crippen LogP contribution in [0.3, 0.4) is 0 Å². The number of carbonyl (C=O) groups excluding carboxylic acids is 1. The zero-order valence-corrected chi connectivity index (χ0v) is 9.63. The molecule has 2 heterocycles. The van der Waals surface area contributed by atoms with Crippen molar-refractivity contribution in [2.45, 2.75) is 13.8 Å². The molecule has 4 nitrogen and oxygen atoms in total. The Balaban J connectivity index is 2.56. The zero-order chi connectivity index (χ0) is 11.0. The molecule has 2 aromatic rings. The Morgan fingerprint density at radius 3 is 2.80 bits per heavy atom. The quantitative estimate of drug-likeness (QED) is 0.729. The lowest BCUT2D eigenvalue weighted by Crippen LogP contribution is -1.90. The Morgan fingerprint density at radius 1 is 1.53 bits per heavy atom. The van der Waals surface area contributed by atoms with Gasteiger partial charge in [0.1, 0.15) is 0 Å². The summed E-state index contributed by atoms with van der Waals surface area (Å²) < 4.78 is 1.70. The second kappa shape index (κ2) is 3.58. The lowest BCUT2D eigenvalue weighted by atomic mass is 10.2. The van der Waals surface area contributed by atoms with Crippen LogP contribution in [0.25, 0.3) is 11.3 Å². The highest BCUT2D eigenvalue weighted by Crippen LogP contribution is 2.27. The fourth-order valence-electron chi connectivity index (χ4n) is 1.40. The molecule has 0 aliphatic rings. The van der Waals surface area contributed by atoms with Gasteiger partial charge in [-0.2, -0.15) is 5.10 Å². The van der Waals surface area contributed by atoms with Crippen molar-refractivity contribution in [3.63, 3.8) is 0 Å². The number of aryl methyl sites for hydroxylation is 2. The molecule has 2 aromatic heterocycles. The van der Waals surface area contributed by atoms with Gasteiger partial charge in [-0.05, 0) is 6.92 Å². The second-order valence-corrected chi connectivity index (χ2v) is 4.57. The van der Waals surface area contributed by atoms with E-state index in [1.54, 1.807) is 17.8 Å². The number of aromatic nitrogens is 3. The highest BCUT2D eigenvalue weighted by Gasteiger charge is 2.15. The lowest BCUT2D eigenvalue weighted by Gasteiger charge is -1.93. The van der Waals surface area contributed by atoms with E-state index >= 15 is 0 Å². The number of rotatable bonds is 2. The van der Waals surface area contributed by atoms with E-state index in [-0.39, 0.29) is 5.78 Å². The summed E-state index contributed by atoms with van der Waals surface area (Å²) in [5, 5.41) is 4.97. The van der Waals surface area contributed by atoms with Gasteiger partial charge in [-0.1, -0.05) is 0 Å². The number of nitrogens with zero attached hydrogens (tertiary/aromatic N) is 3. The average Bonchev–Trinajstić information content (AvgIpc) is 2.71. The summed E-state index contributed by atoms with van der Waals surface area (Å²) in [7, 11) is 1.84. The summed E-state index contributed by atoms with van der Waals surface area (Å²) in [6, 6.07) is 0. The molecule has 0 N–H and O–H groups in total. The van der Waals surface area contributed by atoms with Gasteiger partial charge in [0.25, 0.3) is 0 Å². The van der Waals surface area contributed by atoms with Gasteiger partial charge < -0.3 is 0 Å². The van der Waals surface area contributed by atoms with Crippen LogP contribution in [0.4, 0.5) is 0 Å². The largest absolute Gasteiger partial charge is 0.294 e. The molecule has 0 bridgehead atoms. The zero-order valence-electron chi connectivity index (χ0n) is 8.81. The molecule has 0 atom stereocenters. The second-order valence-electron chi connectivity index (χ2n) is 3.37. The van der Waals surface area contributed by atoms with E-state index < -0.39 is 0 Å². The molecule has 0 spiro atoms. The maximum atomic E-state index is 11.4. The smallest absolute Gasteiger partial charge is 0.172 e. The van der Waals surface area contributed by atoms with Gasteiger partial charge in [0.2, 0.25) is 0 Å². The highest BCUT2D eigenvalue weighted by molar-refractivity contribution is 7.14. The summed E-state index contributed by atoms with van der Waals surface area (Å²) in [5.74, 6) is 0.0550. The van der Waals surface area contributed by atoms with Gasteiger partial charge in [0.15, 0.2) is 5.78 Å². The maximum Gasteiger partial charge on any atom is 0.172 e. The van der Waals surface area contributed by atoms with Crippen LogP contribution in [0.2, 0.25) is 0 Å². The maximum absolute atomic E-state index is 11.4. The van der Waals surface area contributed by atoms with Gasteiger partial charge in [-0.3, -0.25) is 9.48 Å². The van der Waals surface area contributed by atoms with Gasteiger partial charge >= 0.3 is 0 Å². The molecule has 0 radical (unpaired) electrons. The van der Waals surface area contributed by atoms with E-state index in [4.69, 9.17) is 0 Å². The van der Waals surface area contributed by atoms with Crippen molar-refractivity contribution in [3.8, 4) is 11.3 Å². The average molecular weight is 221 g/mol. The van der Waals surface area contributed by atoms with Crippen LogP contribution >= 0.6 is 11.3 Å². The molecule has 5 heteroatoms. The molecule has 0 amide bonds. The molecule has 78 valence electrons. The molecule has 0 unspecified atom stereocenters. The standard InChI is InChI=1S/C10H11N3OS/c1-6(14)10-9(12-7(2)15-10)8-4-11-13(3)5-8/h4-5H,1-3H3. The third kappa shape index (κ3) is 1.83. The van der Waals surface area contributed by atoms with Crippen molar-refractivity contribution in [1.82, 2.24) is 14.8 Å². The normalized spacial score (nSPS) is 10.6. The first-order valence-corrected chi connectivity index (χ1v) is 5.37. The van der Waals surface area contributed by atoms with Crippen molar-refractivity contribution >= 4 is 17.1 Å². The lowest BCUT2D eigenvalue weighted by molar-refractivity contribution is 0.102. The van der Waals surface area contributed by atoms with Crippen LogP contribution < -0.4 is 0 Å². The van der Waals surface area contributed by atoms with Gasteiger partial charge in [0, 0.05) is 25.7 Å². The molecule has 2 rings (SSSR count). The van der Waals surface area contributed by atoms with Crippen molar-refractivity contribution < 1.29 is 4.79 Å². The van der Waals surface area contributed by atoms with Crippen LogP contribution in [-0.2, 0) is 7.05 Å². The van der Waals surface area contributed by atoms with Gasteiger partial charge in [-0.25, -0.2) is 4.98 Å². The van der Waals surface area contributed by atoms with E-state index in [1.807, 2.05) is 20.2 Å². The molecule has 0 saturated heterocycles. The fourth-order valence-corrected chi connectivity index (χ4v) is 2.24. The SMILES string of the molecule is CC(=O)c1sc(C)nc1-c1cnn(C)c1. The van der Waals surface area contributed by atoms with Crippen molar-refractivity contribution in [1.29, 1.82) is 0 Å². The predicted molar refractivity (Wildman–Crippen MR) is 59.1 cm³/mol. The number of hydrogen-bond donors (Lipinski definition) is 0. The molecule has 0 saturated carbocycles. The Hall–Kier alpha value is -1.49. The molecule has 0 fully saturated rings. The molecule has 0 aliphatic carbocycles. The van der Waals surface area contributed by atoms with Crippen LogP contribution in [0.5, 0.6) is 0 Å². The van der Waals surface area contributed by atoms with E-state index in [1.165, 1.54) is 11.3 Å². The first kappa shape index (κ1) is 10.0. The summed E-state index contributed by atoms with van der Waals surface area (Å²) in [4.78, 5) is 16.5. The highest BCUT2D eigenvalue weighted by atomic mass is 32.1. The number of carbonyl (C=O) groups is 1. The minimum absolute atomic E-state index is 0.0550. The minimum Gasteiger partial charge on any atom is -0.294 e. The first-order valence-electron chi connectivity index (χ1n) is 4.55. The van der Waals surface area contributed by atoms with Crippen LogP contribution in [0.1, 0.15) is 21.6 Å². The number of Topliss-reactive ketones (excluding diaryl/α,β-unsaturated/α-hetero) is 1. The minimum atomic E-state index is 0.0550. The number of ketones is 1. The fraction of sp³-hybridized carbons (Fsp3) is 0.300. The third-order valence-corrected chi connectivity index (χ3v) is 3.10. The van der Waals surface area contributed by atoms with E-state index in [9.17, 15) is 4.79 Å². The van der Waals surface area contributed by atoms with E-state index in [2.05, 4.69) is 10.1 Å². The Kier molecular flexibility index (Phi) is 2.40. The summed E-state index contributed by atoms with van der Waals surface area (Å²) in [6.07, 6.45) is 3.59.